The SMILES string of the molecule is COc1c2ccc(C(=O)N3CCCC3Cn3nc4c(cc3=O)CCCC4)cc2nn1C. The van der Waals surface area contributed by atoms with Crippen LogP contribution in [0.15, 0.2) is 29.1 Å². The molecule has 8 nitrogen and oxygen atoms in total. The topological polar surface area (TPSA) is 82.2 Å². The molecule has 2 aromatic heterocycles. The Labute approximate surface area is 180 Å². The lowest BCUT2D eigenvalue weighted by Crippen LogP contribution is -2.41. The molecule has 1 amide bonds. The Morgan fingerprint density at radius 2 is 2.00 bits per heavy atom. The maximum atomic E-state index is 13.3. The van der Waals surface area contributed by atoms with Gasteiger partial charge in [0.15, 0.2) is 0 Å². The van der Waals surface area contributed by atoms with Crippen LogP contribution in [0.4, 0.5) is 0 Å². The van der Waals surface area contributed by atoms with Crippen LogP contribution in [0, 0.1) is 0 Å². The van der Waals surface area contributed by atoms with Crippen LogP contribution in [-0.4, -0.2) is 50.1 Å². The Morgan fingerprint density at radius 3 is 2.84 bits per heavy atom. The molecule has 0 saturated carbocycles. The van der Waals surface area contributed by atoms with Gasteiger partial charge in [-0.3, -0.25) is 9.59 Å². The summed E-state index contributed by atoms with van der Waals surface area (Å²) in [4.78, 5) is 27.8. The monoisotopic (exact) mass is 421 g/mol. The lowest BCUT2D eigenvalue weighted by Gasteiger charge is -2.25. The van der Waals surface area contributed by atoms with Gasteiger partial charge in [-0.05, 0) is 62.3 Å². The van der Waals surface area contributed by atoms with E-state index in [1.165, 1.54) is 0 Å². The summed E-state index contributed by atoms with van der Waals surface area (Å²) in [6.45, 7) is 1.13. The van der Waals surface area contributed by atoms with Crippen LogP contribution in [0.3, 0.4) is 0 Å². The molecule has 0 N–H and O–H groups in total. The van der Waals surface area contributed by atoms with E-state index in [-0.39, 0.29) is 17.5 Å². The number of amides is 1. The number of likely N-dealkylation sites (tertiary alicyclic amines) is 1. The molecule has 31 heavy (non-hydrogen) atoms. The van der Waals surface area contributed by atoms with Crippen molar-refractivity contribution in [2.75, 3.05) is 13.7 Å². The van der Waals surface area contributed by atoms with E-state index in [9.17, 15) is 9.59 Å². The van der Waals surface area contributed by atoms with E-state index in [4.69, 9.17) is 4.74 Å². The molecular formula is C23H27N5O3. The van der Waals surface area contributed by atoms with Crippen LogP contribution >= 0.6 is 0 Å². The third-order valence-corrected chi connectivity index (χ3v) is 6.52. The summed E-state index contributed by atoms with van der Waals surface area (Å²) >= 11 is 0. The largest absolute Gasteiger partial charge is 0.481 e. The number of nitrogens with zero attached hydrogens (tertiary/aromatic N) is 5. The predicted molar refractivity (Wildman–Crippen MR) is 116 cm³/mol. The van der Waals surface area contributed by atoms with E-state index in [1.54, 1.807) is 22.5 Å². The van der Waals surface area contributed by atoms with Gasteiger partial charge in [0.2, 0.25) is 5.88 Å². The number of hydrogen-bond donors (Lipinski definition) is 0. The van der Waals surface area contributed by atoms with Crippen LogP contribution in [0.1, 0.15) is 47.3 Å². The van der Waals surface area contributed by atoms with Crippen molar-refractivity contribution in [1.29, 1.82) is 0 Å². The number of benzene rings is 1. The van der Waals surface area contributed by atoms with Crippen molar-refractivity contribution < 1.29 is 9.53 Å². The van der Waals surface area contributed by atoms with Crippen LogP contribution in [0.2, 0.25) is 0 Å². The first-order valence-corrected chi connectivity index (χ1v) is 11.0. The molecule has 1 unspecified atom stereocenters. The second kappa shape index (κ2) is 7.83. The fraction of sp³-hybridized carbons (Fsp3) is 0.478. The first-order chi connectivity index (χ1) is 15.0. The standard InChI is InChI=1S/C23H27N5O3/c1-26-23(31-2)18-10-9-16(12-20(18)24-26)22(30)27-11-5-7-17(27)14-28-21(29)13-15-6-3-4-8-19(15)25-28/h9-10,12-13,17H,3-8,11,14H2,1-2H3. The molecule has 8 heteroatoms. The van der Waals surface area contributed by atoms with Crippen molar-refractivity contribution in [2.45, 2.75) is 51.1 Å². The van der Waals surface area contributed by atoms with Crippen LogP contribution in [0.5, 0.6) is 5.88 Å². The molecular weight excluding hydrogens is 394 g/mol. The summed E-state index contributed by atoms with van der Waals surface area (Å²) < 4.78 is 8.63. The molecule has 1 saturated heterocycles. The predicted octanol–water partition coefficient (Wildman–Crippen LogP) is 2.32. The molecule has 3 aromatic rings. The highest BCUT2D eigenvalue weighted by Crippen LogP contribution is 2.27. The fourth-order valence-corrected chi connectivity index (χ4v) is 4.94. The van der Waals surface area contributed by atoms with Crippen molar-refractivity contribution in [3.05, 3.63) is 51.4 Å². The number of aryl methyl sites for hydroxylation is 3. The van der Waals surface area contributed by atoms with Gasteiger partial charge in [-0.2, -0.15) is 10.2 Å². The molecule has 1 aliphatic heterocycles. The lowest BCUT2D eigenvalue weighted by atomic mass is 9.97. The maximum Gasteiger partial charge on any atom is 0.267 e. The van der Waals surface area contributed by atoms with E-state index in [0.717, 1.165) is 60.7 Å². The number of rotatable bonds is 4. The second-order valence-electron chi connectivity index (χ2n) is 8.50. The number of carbonyl (C=O) groups is 1. The zero-order valence-electron chi connectivity index (χ0n) is 18.0. The molecule has 1 fully saturated rings. The van der Waals surface area contributed by atoms with E-state index in [0.29, 0.717) is 24.5 Å². The van der Waals surface area contributed by atoms with Gasteiger partial charge in [0.25, 0.3) is 11.5 Å². The van der Waals surface area contributed by atoms with E-state index in [2.05, 4.69) is 10.2 Å². The fourth-order valence-electron chi connectivity index (χ4n) is 4.94. The summed E-state index contributed by atoms with van der Waals surface area (Å²) in [5.74, 6) is 0.644. The van der Waals surface area contributed by atoms with Gasteiger partial charge < -0.3 is 9.64 Å². The summed E-state index contributed by atoms with van der Waals surface area (Å²) in [5, 5.41) is 9.98. The van der Waals surface area contributed by atoms with Gasteiger partial charge in [0.1, 0.15) is 0 Å². The van der Waals surface area contributed by atoms with Crippen LogP contribution in [0.25, 0.3) is 10.9 Å². The third-order valence-electron chi connectivity index (χ3n) is 6.52. The minimum atomic E-state index is -0.0676. The summed E-state index contributed by atoms with van der Waals surface area (Å²) in [6.07, 6.45) is 5.90. The Balaban J connectivity index is 1.40. The Hall–Kier alpha value is -3.16. The van der Waals surface area contributed by atoms with E-state index < -0.39 is 0 Å². The van der Waals surface area contributed by atoms with Gasteiger partial charge in [-0.15, -0.1) is 0 Å². The average Bonchev–Trinajstić information content (AvgIpc) is 3.36. The van der Waals surface area contributed by atoms with Gasteiger partial charge >= 0.3 is 0 Å². The Kier molecular flexibility index (Phi) is 5.00. The number of aromatic nitrogens is 4. The second-order valence-corrected chi connectivity index (χ2v) is 8.50. The van der Waals surface area contributed by atoms with Gasteiger partial charge in [-0.25, -0.2) is 9.36 Å². The van der Waals surface area contributed by atoms with E-state index >= 15 is 0 Å². The van der Waals surface area contributed by atoms with Gasteiger partial charge in [-0.1, -0.05) is 0 Å². The van der Waals surface area contributed by atoms with Crippen molar-refractivity contribution in [1.82, 2.24) is 24.5 Å². The highest BCUT2D eigenvalue weighted by atomic mass is 16.5. The number of methoxy groups -OCH3 is 1. The highest BCUT2D eigenvalue weighted by Gasteiger charge is 2.31. The molecule has 3 heterocycles. The average molecular weight is 422 g/mol. The number of carbonyl (C=O) groups excluding carboxylic acids is 1. The Morgan fingerprint density at radius 1 is 1.16 bits per heavy atom. The maximum absolute atomic E-state index is 13.3. The normalized spacial score (nSPS) is 18.4. The first-order valence-electron chi connectivity index (χ1n) is 11.0. The molecule has 0 radical (unpaired) electrons. The highest BCUT2D eigenvalue weighted by molar-refractivity contribution is 5.99. The van der Waals surface area contributed by atoms with Gasteiger partial charge in [0, 0.05) is 25.2 Å². The van der Waals surface area contributed by atoms with Gasteiger partial charge in [0.05, 0.1) is 36.3 Å². The number of fused-ring (bicyclic) bond motifs is 2. The van der Waals surface area contributed by atoms with Crippen LogP contribution < -0.4 is 10.3 Å². The van der Waals surface area contributed by atoms with Crippen molar-refractivity contribution in [3.8, 4) is 5.88 Å². The summed E-state index contributed by atoms with van der Waals surface area (Å²) in [7, 11) is 3.43. The van der Waals surface area contributed by atoms with Crippen molar-refractivity contribution in [3.63, 3.8) is 0 Å². The molecule has 1 aromatic carbocycles. The summed E-state index contributed by atoms with van der Waals surface area (Å²) in [6, 6.07) is 7.24. The van der Waals surface area contributed by atoms with E-state index in [1.807, 2.05) is 30.1 Å². The van der Waals surface area contributed by atoms with Crippen molar-refractivity contribution >= 4 is 16.8 Å². The molecule has 5 rings (SSSR count). The third kappa shape index (κ3) is 3.49. The number of hydrogen-bond acceptors (Lipinski definition) is 5. The van der Waals surface area contributed by atoms with Crippen LogP contribution in [-0.2, 0) is 26.4 Å². The molecule has 0 bridgehead atoms. The first kappa shape index (κ1) is 19.8. The Bertz CT molecular complexity index is 1210. The lowest BCUT2D eigenvalue weighted by molar-refractivity contribution is 0.0720. The molecule has 0 spiro atoms. The molecule has 1 atom stereocenters. The smallest absolute Gasteiger partial charge is 0.267 e. The minimum Gasteiger partial charge on any atom is -0.481 e. The zero-order chi connectivity index (χ0) is 21.5. The molecule has 162 valence electrons. The molecule has 2 aliphatic rings. The van der Waals surface area contributed by atoms with Crippen molar-refractivity contribution in [2.24, 2.45) is 7.05 Å². The zero-order valence-corrected chi connectivity index (χ0v) is 18.0. The summed E-state index contributed by atoms with van der Waals surface area (Å²) in [5.41, 5.74) is 3.39. The quantitative estimate of drug-likeness (QED) is 0.646. The molecule has 1 aliphatic carbocycles. The minimum absolute atomic E-state index is 0.0278. The number of ether oxygens (including phenoxy) is 1.